The maximum atomic E-state index is 5.46. The van der Waals surface area contributed by atoms with Gasteiger partial charge in [-0.3, -0.25) is 4.99 Å². The van der Waals surface area contributed by atoms with Gasteiger partial charge in [0.1, 0.15) is 0 Å². The predicted molar refractivity (Wildman–Crippen MR) is 217 cm³/mol. The molecule has 1 fully saturated rings. The number of para-hydroxylation sites is 2. The zero-order valence-electron chi connectivity index (χ0n) is 29.4. The Morgan fingerprint density at radius 2 is 1.25 bits per heavy atom. The molecule has 0 radical (unpaired) electrons. The standard InChI is InChI=1S/C48H40N4/c1-32-45(33-17-5-3-6-18-33)49-47(34-19-7-4-8-20-34)50-46(32)35-29-36(51-41-24-12-9-21-38(41)39-22-10-13-25-42(39)51)31-37(30-35)52-43-26-14-11-23-40(43)48(2)28-16-15-27-44(48)52/h3-32,40,43-45H,1-2H3. The van der Waals surface area contributed by atoms with E-state index in [1.165, 1.54) is 33.1 Å². The minimum atomic E-state index is -0.0680. The summed E-state index contributed by atoms with van der Waals surface area (Å²) >= 11 is 0. The molecule has 0 saturated carbocycles. The first-order chi connectivity index (χ1) is 25.6. The maximum absolute atomic E-state index is 5.46. The molecule has 0 amide bonds. The number of aromatic nitrogens is 1. The van der Waals surface area contributed by atoms with Gasteiger partial charge in [0.15, 0.2) is 5.84 Å². The SMILES string of the molecule is CC1C(c2cc(N3C4C=CC=CC4C4(C)C=CC=CC34)cc(-n3c4ccccc4c4ccccc43)c2)=NC(c2ccccc2)=NC1c1ccccc1. The lowest BCUT2D eigenvalue weighted by Gasteiger charge is -2.36. The van der Waals surface area contributed by atoms with Crippen molar-refractivity contribution >= 4 is 39.0 Å². The van der Waals surface area contributed by atoms with Gasteiger partial charge in [-0.1, -0.05) is 160 Å². The van der Waals surface area contributed by atoms with Gasteiger partial charge in [0.25, 0.3) is 0 Å². The smallest absolute Gasteiger partial charge is 0.155 e. The quantitative estimate of drug-likeness (QED) is 0.179. The zero-order valence-corrected chi connectivity index (χ0v) is 29.4. The molecule has 2 aliphatic heterocycles. The monoisotopic (exact) mass is 672 g/mol. The number of anilines is 1. The van der Waals surface area contributed by atoms with E-state index in [1.807, 2.05) is 0 Å². The molecule has 0 bridgehead atoms. The number of aliphatic imine (C=N–C) groups is 2. The molecule has 3 heterocycles. The fraction of sp³-hybridized carbons (Fsp3) is 0.167. The van der Waals surface area contributed by atoms with Crippen LogP contribution in [-0.4, -0.2) is 28.2 Å². The average Bonchev–Trinajstić information content (AvgIpc) is 3.68. The third-order valence-corrected chi connectivity index (χ3v) is 11.8. The number of hydrogen-bond donors (Lipinski definition) is 0. The van der Waals surface area contributed by atoms with Crippen molar-refractivity contribution in [2.24, 2.45) is 27.2 Å². The molecule has 4 heteroatoms. The third-order valence-electron chi connectivity index (χ3n) is 11.8. The van der Waals surface area contributed by atoms with Crippen LogP contribution in [0.4, 0.5) is 5.69 Å². The summed E-state index contributed by atoms with van der Waals surface area (Å²) in [5.41, 5.74) is 9.11. The second-order valence-corrected chi connectivity index (χ2v) is 14.8. The minimum absolute atomic E-state index is 0.0368. The molecule has 6 atom stereocenters. The van der Waals surface area contributed by atoms with Crippen molar-refractivity contribution in [1.29, 1.82) is 0 Å². The highest BCUT2D eigenvalue weighted by Gasteiger charge is 2.53. The number of benzene rings is 5. The second-order valence-electron chi connectivity index (χ2n) is 14.8. The Labute approximate surface area is 305 Å². The Morgan fingerprint density at radius 3 is 2.00 bits per heavy atom. The second kappa shape index (κ2) is 12.1. The van der Waals surface area contributed by atoms with Crippen LogP contribution in [-0.2, 0) is 0 Å². The number of hydrogen-bond acceptors (Lipinski definition) is 3. The van der Waals surface area contributed by atoms with Gasteiger partial charge in [0.05, 0.1) is 34.9 Å². The van der Waals surface area contributed by atoms with Crippen LogP contribution in [0.1, 0.15) is 36.6 Å². The highest BCUT2D eigenvalue weighted by Crippen LogP contribution is 2.53. The van der Waals surface area contributed by atoms with Gasteiger partial charge in [-0.25, -0.2) is 4.99 Å². The number of nitrogens with zero attached hydrogens (tertiary/aromatic N) is 4. The number of fused-ring (bicyclic) bond motifs is 6. The molecule has 252 valence electrons. The van der Waals surface area contributed by atoms with Crippen LogP contribution in [0.15, 0.2) is 186 Å². The van der Waals surface area contributed by atoms with E-state index in [4.69, 9.17) is 9.98 Å². The van der Waals surface area contributed by atoms with Crippen molar-refractivity contribution in [2.75, 3.05) is 4.90 Å². The van der Waals surface area contributed by atoms with Crippen molar-refractivity contribution in [3.63, 3.8) is 0 Å². The van der Waals surface area contributed by atoms with Crippen molar-refractivity contribution in [2.45, 2.75) is 32.0 Å². The van der Waals surface area contributed by atoms with Crippen LogP contribution in [0.3, 0.4) is 0 Å². The highest BCUT2D eigenvalue weighted by atomic mass is 15.2. The summed E-state index contributed by atoms with van der Waals surface area (Å²) < 4.78 is 2.45. The van der Waals surface area contributed by atoms with Crippen molar-refractivity contribution in [3.8, 4) is 5.69 Å². The Balaban J connectivity index is 1.23. The summed E-state index contributed by atoms with van der Waals surface area (Å²) in [6.45, 7) is 4.72. The first kappa shape index (κ1) is 30.8. The lowest BCUT2D eigenvalue weighted by molar-refractivity contribution is 0.344. The minimum Gasteiger partial charge on any atom is -0.357 e. The first-order valence-electron chi connectivity index (χ1n) is 18.5. The van der Waals surface area contributed by atoms with Crippen LogP contribution >= 0.6 is 0 Å². The molecular weight excluding hydrogens is 633 g/mol. The van der Waals surface area contributed by atoms with E-state index < -0.39 is 0 Å². The van der Waals surface area contributed by atoms with Crippen LogP contribution < -0.4 is 4.90 Å². The molecular formula is C48H40N4. The third kappa shape index (κ3) is 4.74. The number of allylic oxidation sites excluding steroid dienone is 4. The molecule has 10 rings (SSSR count). The molecule has 0 N–H and O–H groups in total. The van der Waals surface area contributed by atoms with Gasteiger partial charge in [0, 0.05) is 50.5 Å². The summed E-state index contributed by atoms with van der Waals surface area (Å²) in [7, 11) is 0. The Hall–Kier alpha value is -6.00. The number of rotatable bonds is 5. The summed E-state index contributed by atoms with van der Waals surface area (Å²) in [6, 6.07) is 46.3. The van der Waals surface area contributed by atoms with Crippen molar-refractivity contribution < 1.29 is 0 Å². The normalized spacial score (nSPS) is 26.0. The molecule has 6 unspecified atom stereocenters. The van der Waals surface area contributed by atoms with E-state index >= 15 is 0 Å². The van der Waals surface area contributed by atoms with Gasteiger partial charge in [-0.15, -0.1) is 0 Å². The molecule has 52 heavy (non-hydrogen) atoms. The van der Waals surface area contributed by atoms with E-state index in [2.05, 4.69) is 199 Å². The Morgan fingerprint density at radius 1 is 0.615 bits per heavy atom. The highest BCUT2D eigenvalue weighted by molar-refractivity contribution is 6.16. The van der Waals surface area contributed by atoms with Gasteiger partial charge in [0.2, 0.25) is 0 Å². The van der Waals surface area contributed by atoms with E-state index in [0.717, 1.165) is 28.4 Å². The van der Waals surface area contributed by atoms with Crippen LogP contribution in [0, 0.1) is 17.3 Å². The first-order valence-corrected chi connectivity index (χ1v) is 18.5. The fourth-order valence-electron chi connectivity index (χ4n) is 9.32. The average molecular weight is 673 g/mol. The largest absolute Gasteiger partial charge is 0.357 e. The van der Waals surface area contributed by atoms with Crippen molar-refractivity contribution in [3.05, 3.63) is 193 Å². The summed E-state index contributed by atoms with van der Waals surface area (Å²) in [6.07, 6.45) is 18.6. The zero-order chi connectivity index (χ0) is 34.8. The topological polar surface area (TPSA) is 32.9 Å². The predicted octanol–water partition coefficient (Wildman–Crippen LogP) is 10.8. The summed E-state index contributed by atoms with van der Waals surface area (Å²) in [5.74, 6) is 1.18. The van der Waals surface area contributed by atoms with Crippen LogP contribution in [0.25, 0.3) is 27.5 Å². The van der Waals surface area contributed by atoms with Gasteiger partial charge in [-0.2, -0.15) is 0 Å². The molecule has 4 aliphatic rings. The van der Waals surface area contributed by atoms with E-state index in [9.17, 15) is 0 Å². The molecule has 6 aromatic rings. The summed E-state index contributed by atoms with van der Waals surface area (Å²) in [5, 5.41) is 2.51. The van der Waals surface area contributed by atoms with Gasteiger partial charge in [-0.05, 0) is 35.9 Å². The van der Waals surface area contributed by atoms with Gasteiger partial charge >= 0.3 is 0 Å². The lowest BCUT2D eigenvalue weighted by Crippen LogP contribution is -2.39. The van der Waals surface area contributed by atoms with Crippen LogP contribution in [0.5, 0.6) is 0 Å². The lowest BCUT2D eigenvalue weighted by atomic mass is 9.70. The summed E-state index contributed by atoms with van der Waals surface area (Å²) in [4.78, 5) is 13.5. The van der Waals surface area contributed by atoms with E-state index in [-0.39, 0.29) is 29.5 Å². The van der Waals surface area contributed by atoms with E-state index in [1.54, 1.807) is 0 Å². The van der Waals surface area contributed by atoms with Crippen molar-refractivity contribution in [1.82, 2.24) is 4.57 Å². The molecule has 5 aromatic carbocycles. The van der Waals surface area contributed by atoms with Gasteiger partial charge < -0.3 is 9.47 Å². The maximum Gasteiger partial charge on any atom is 0.155 e. The molecule has 4 nitrogen and oxygen atoms in total. The molecule has 1 aromatic heterocycles. The van der Waals surface area contributed by atoms with E-state index in [0.29, 0.717) is 5.92 Å². The Kier molecular flexibility index (Phi) is 7.14. The fourth-order valence-corrected chi connectivity index (χ4v) is 9.32. The number of amidine groups is 1. The molecule has 0 spiro atoms. The van der Waals surface area contributed by atoms with Crippen LogP contribution in [0.2, 0.25) is 0 Å². The Bertz CT molecular complexity index is 2480. The molecule has 2 aliphatic carbocycles. The molecule has 1 saturated heterocycles.